The molecule has 4 rings (SSSR count). The quantitative estimate of drug-likeness (QED) is 0.452. The molecular formula is C27H30N2O5S2. The van der Waals surface area contributed by atoms with E-state index in [9.17, 15) is 21.6 Å². The molecule has 0 bridgehead atoms. The van der Waals surface area contributed by atoms with Crippen LogP contribution in [0.4, 0.5) is 5.69 Å². The summed E-state index contributed by atoms with van der Waals surface area (Å²) in [5, 5.41) is 0. The fourth-order valence-electron chi connectivity index (χ4n) is 4.54. The number of sulfone groups is 1. The van der Waals surface area contributed by atoms with Crippen LogP contribution in [-0.4, -0.2) is 40.7 Å². The van der Waals surface area contributed by atoms with Gasteiger partial charge in [-0.15, -0.1) is 0 Å². The lowest BCUT2D eigenvalue weighted by atomic mass is 9.94. The highest BCUT2D eigenvalue weighted by atomic mass is 32.2. The van der Waals surface area contributed by atoms with Crippen LogP contribution in [0.2, 0.25) is 0 Å². The van der Waals surface area contributed by atoms with Gasteiger partial charge in [0.15, 0.2) is 9.84 Å². The zero-order valence-electron chi connectivity index (χ0n) is 20.1. The maximum atomic E-state index is 13.4. The zero-order valence-corrected chi connectivity index (χ0v) is 21.8. The molecule has 1 saturated carbocycles. The smallest absolute Gasteiger partial charge is 0.261 e. The zero-order chi connectivity index (χ0) is 25.8. The molecule has 1 N–H and O–H groups in total. The highest BCUT2D eigenvalue weighted by molar-refractivity contribution is 7.92. The van der Waals surface area contributed by atoms with Crippen LogP contribution in [-0.2, 0) is 25.6 Å². The van der Waals surface area contributed by atoms with E-state index < -0.39 is 19.9 Å². The van der Waals surface area contributed by atoms with Gasteiger partial charge in [0, 0.05) is 24.3 Å². The summed E-state index contributed by atoms with van der Waals surface area (Å²) in [7, 11) is -5.90. The second-order valence-corrected chi connectivity index (χ2v) is 12.8. The van der Waals surface area contributed by atoms with Crippen LogP contribution < -0.4 is 4.72 Å². The van der Waals surface area contributed by atoms with Crippen LogP contribution in [0.1, 0.15) is 48.0 Å². The van der Waals surface area contributed by atoms with Gasteiger partial charge in [-0.2, -0.15) is 0 Å². The van der Waals surface area contributed by atoms with Gasteiger partial charge < -0.3 is 4.90 Å². The maximum Gasteiger partial charge on any atom is 0.261 e. The number of nitrogens with zero attached hydrogens (tertiary/aromatic N) is 1. The molecule has 3 aromatic carbocycles. The number of hydrogen-bond donors (Lipinski definition) is 1. The number of amides is 1. The first kappa shape index (κ1) is 25.9. The van der Waals surface area contributed by atoms with E-state index in [0.717, 1.165) is 32.1 Å². The van der Waals surface area contributed by atoms with Crippen LogP contribution in [0.3, 0.4) is 0 Å². The third-order valence-electron chi connectivity index (χ3n) is 6.45. The number of carbonyl (C=O) groups is 1. The van der Waals surface area contributed by atoms with Crippen molar-refractivity contribution in [2.45, 2.75) is 53.7 Å². The van der Waals surface area contributed by atoms with Gasteiger partial charge in [-0.1, -0.05) is 55.7 Å². The van der Waals surface area contributed by atoms with Gasteiger partial charge in [-0.3, -0.25) is 9.52 Å². The van der Waals surface area contributed by atoms with Gasteiger partial charge >= 0.3 is 0 Å². The van der Waals surface area contributed by atoms with E-state index >= 15 is 0 Å². The Labute approximate surface area is 213 Å². The first-order valence-electron chi connectivity index (χ1n) is 11.9. The summed E-state index contributed by atoms with van der Waals surface area (Å²) in [5.74, 6) is -0.633. The Morgan fingerprint density at radius 1 is 0.833 bits per heavy atom. The lowest BCUT2D eigenvalue weighted by Gasteiger charge is -2.31. The molecule has 9 heteroatoms. The standard InChI is InChI=1S/C27H30N2O5S2/c1-29(24-11-5-2-6-12-24)27(30)22-17-21(20-35(31,32)25-13-7-3-8-14-25)18-23(19-22)28-36(33,34)26-15-9-4-10-16-26/h3-4,7-10,13-19,24,28H,2,5-6,11-12,20H2,1H3. The lowest BCUT2D eigenvalue weighted by molar-refractivity contribution is 0.0696. The van der Waals surface area contributed by atoms with E-state index in [1.807, 2.05) is 0 Å². The Balaban J connectivity index is 1.70. The summed E-state index contributed by atoms with van der Waals surface area (Å²) in [6, 6.07) is 20.5. The largest absolute Gasteiger partial charge is 0.339 e. The average Bonchev–Trinajstić information content (AvgIpc) is 2.88. The number of hydrogen-bond acceptors (Lipinski definition) is 5. The second-order valence-electron chi connectivity index (χ2n) is 9.12. The summed E-state index contributed by atoms with van der Waals surface area (Å²) >= 11 is 0. The van der Waals surface area contributed by atoms with E-state index in [-0.39, 0.29) is 38.7 Å². The minimum Gasteiger partial charge on any atom is -0.339 e. The molecule has 0 saturated heterocycles. The molecule has 0 spiro atoms. The molecule has 0 atom stereocenters. The predicted octanol–water partition coefficient (Wildman–Crippen LogP) is 4.87. The molecule has 0 heterocycles. The molecule has 1 fully saturated rings. The van der Waals surface area contributed by atoms with Crippen LogP contribution >= 0.6 is 0 Å². The van der Waals surface area contributed by atoms with E-state index in [1.54, 1.807) is 54.4 Å². The molecule has 0 radical (unpaired) electrons. The molecule has 190 valence electrons. The van der Waals surface area contributed by atoms with Crippen molar-refractivity contribution in [3.05, 3.63) is 90.0 Å². The number of nitrogens with one attached hydrogen (secondary N) is 1. The Morgan fingerprint density at radius 2 is 1.42 bits per heavy atom. The van der Waals surface area contributed by atoms with Crippen molar-refractivity contribution < 1.29 is 21.6 Å². The number of rotatable bonds is 8. The second kappa shape index (κ2) is 10.8. The summed E-state index contributed by atoms with van der Waals surface area (Å²) in [5.41, 5.74) is 0.710. The van der Waals surface area contributed by atoms with Gasteiger partial charge in [0.1, 0.15) is 0 Å². The Kier molecular flexibility index (Phi) is 7.80. The highest BCUT2D eigenvalue weighted by Crippen LogP contribution is 2.26. The lowest BCUT2D eigenvalue weighted by Crippen LogP contribution is -2.38. The van der Waals surface area contributed by atoms with Crippen molar-refractivity contribution in [2.75, 3.05) is 11.8 Å². The van der Waals surface area contributed by atoms with Gasteiger partial charge in [0.05, 0.1) is 15.5 Å². The molecular weight excluding hydrogens is 496 g/mol. The van der Waals surface area contributed by atoms with Gasteiger partial charge in [-0.05, 0) is 60.9 Å². The average molecular weight is 527 g/mol. The molecule has 36 heavy (non-hydrogen) atoms. The van der Waals surface area contributed by atoms with E-state index in [0.29, 0.717) is 5.56 Å². The SMILES string of the molecule is CN(C(=O)c1cc(CS(=O)(=O)c2ccccc2)cc(NS(=O)(=O)c2ccccc2)c1)C1CCCCC1. The first-order valence-corrected chi connectivity index (χ1v) is 15.1. The number of anilines is 1. The number of benzene rings is 3. The van der Waals surface area contributed by atoms with E-state index in [4.69, 9.17) is 0 Å². The fraction of sp³-hybridized carbons (Fsp3) is 0.296. The number of carbonyl (C=O) groups excluding carboxylic acids is 1. The van der Waals surface area contributed by atoms with Crippen LogP contribution in [0, 0.1) is 0 Å². The molecule has 1 amide bonds. The fourth-order valence-corrected chi connectivity index (χ4v) is 6.95. The van der Waals surface area contributed by atoms with Crippen molar-refractivity contribution in [3.63, 3.8) is 0 Å². The summed E-state index contributed by atoms with van der Waals surface area (Å²) in [6.07, 6.45) is 5.09. The molecule has 0 unspecified atom stereocenters. The van der Waals surface area contributed by atoms with Gasteiger partial charge in [0.25, 0.3) is 15.9 Å². The highest BCUT2D eigenvalue weighted by Gasteiger charge is 2.25. The topological polar surface area (TPSA) is 101 Å². The Morgan fingerprint density at radius 3 is 2.03 bits per heavy atom. The number of sulfonamides is 1. The molecule has 3 aromatic rings. The van der Waals surface area contributed by atoms with Crippen LogP contribution in [0.5, 0.6) is 0 Å². The van der Waals surface area contributed by atoms with Crippen molar-refractivity contribution in [1.29, 1.82) is 0 Å². The first-order chi connectivity index (χ1) is 17.2. The summed E-state index contributed by atoms with van der Waals surface area (Å²) in [4.78, 5) is 15.3. The molecule has 1 aliphatic rings. The Hall–Kier alpha value is -3.17. The minimum atomic E-state index is -3.93. The summed E-state index contributed by atoms with van der Waals surface area (Å²) in [6.45, 7) is 0. The third kappa shape index (κ3) is 6.14. The normalized spacial score (nSPS) is 14.8. The predicted molar refractivity (Wildman–Crippen MR) is 140 cm³/mol. The van der Waals surface area contributed by atoms with Crippen molar-refractivity contribution in [1.82, 2.24) is 4.90 Å². The van der Waals surface area contributed by atoms with E-state index in [1.165, 1.54) is 36.4 Å². The monoisotopic (exact) mass is 526 g/mol. The molecule has 1 aliphatic carbocycles. The Bertz CT molecular complexity index is 1330. The third-order valence-corrected chi connectivity index (χ3v) is 9.55. The minimum absolute atomic E-state index is 0.0690. The van der Waals surface area contributed by atoms with Crippen LogP contribution in [0.25, 0.3) is 0 Å². The maximum absolute atomic E-state index is 13.4. The van der Waals surface area contributed by atoms with Crippen molar-refractivity contribution >= 4 is 31.5 Å². The molecule has 0 aliphatic heterocycles. The van der Waals surface area contributed by atoms with Crippen molar-refractivity contribution in [3.8, 4) is 0 Å². The molecule has 7 nitrogen and oxygen atoms in total. The van der Waals surface area contributed by atoms with Crippen LogP contribution in [0.15, 0.2) is 88.7 Å². The van der Waals surface area contributed by atoms with Crippen molar-refractivity contribution in [2.24, 2.45) is 0 Å². The molecule has 0 aromatic heterocycles. The van der Waals surface area contributed by atoms with Gasteiger partial charge in [-0.25, -0.2) is 16.8 Å². The summed E-state index contributed by atoms with van der Waals surface area (Å²) < 4.78 is 54.5. The van der Waals surface area contributed by atoms with E-state index in [2.05, 4.69) is 4.72 Å². The van der Waals surface area contributed by atoms with Gasteiger partial charge in [0.2, 0.25) is 0 Å².